The van der Waals surface area contributed by atoms with Crippen molar-refractivity contribution in [2.24, 2.45) is 0 Å². The van der Waals surface area contributed by atoms with Gasteiger partial charge in [-0.3, -0.25) is 4.79 Å². The first-order valence-corrected chi connectivity index (χ1v) is 16.8. The second-order valence-corrected chi connectivity index (χ2v) is 13.4. The number of rotatable bonds is 21. The average Bonchev–Trinajstić information content (AvgIpc) is 2.86. The van der Waals surface area contributed by atoms with Gasteiger partial charge in [0.2, 0.25) is 0 Å². The van der Waals surface area contributed by atoms with Crippen molar-refractivity contribution in [2.45, 2.75) is 154 Å². The first-order valence-electron chi connectivity index (χ1n) is 16.8. The van der Waals surface area contributed by atoms with E-state index in [0.29, 0.717) is 6.42 Å². The summed E-state index contributed by atoms with van der Waals surface area (Å²) in [6.07, 6.45) is 29.1. The summed E-state index contributed by atoms with van der Waals surface area (Å²) in [5, 5.41) is 0. The van der Waals surface area contributed by atoms with E-state index >= 15 is 0 Å². The third kappa shape index (κ3) is 19.6. The highest BCUT2D eigenvalue weighted by molar-refractivity contribution is 5.69. The van der Waals surface area contributed by atoms with E-state index in [0.717, 1.165) is 28.5 Å². The van der Waals surface area contributed by atoms with Gasteiger partial charge in [-0.2, -0.15) is 0 Å². The molecule has 2 saturated heterocycles. The first kappa shape index (κ1) is 39.8. The first-order chi connectivity index (χ1) is 17.9. The van der Waals surface area contributed by atoms with Crippen LogP contribution in [0.5, 0.6) is 0 Å². The molecule has 0 bridgehead atoms. The number of piperidine rings is 2. The molecule has 6 heteroatoms. The number of ether oxygens (including phenoxy) is 1. The van der Waals surface area contributed by atoms with Crippen molar-refractivity contribution in [3.8, 4) is 0 Å². The standard InChI is InChI=1S/C33H66N2O2.2HI/c1-4-5-6-7-8-9-10-11-12-13-14-15-16-17-20-25-33(36)37-32(30-34(2)26-21-18-22-27-34)31-35(3)28-23-19-24-29-35;;/h32H,4-31H2,1-3H3;2*1H/q+2;;/p-2. The number of likely N-dealkylation sites (tertiary alicyclic amines) is 2. The number of hydrogen-bond donors (Lipinski definition) is 0. The molecule has 0 spiro atoms. The monoisotopic (exact) mass is 776 g/mol. The van der Waals surface area contributed by atoms with Crippen molar-refractivity contribution >= 4 is 5.97 Å². The zero-order valence-electron chi connectivity index (χ0n) is 26.3. The fraction of sp³-hybridized carbons (Fsp3) is 0.970. The smallest absolute Gasteiger partial charge is 0.306 e. The zero-order valence-corrected chi connectivity index (χ0v) is 30.7. The van der Waals surface area contributed by atoms with Gasteiger partial charge >= 0.3 is 5.97 Å². The van der Waals surface area contributed by atoms with Crippen LogP contribution in [0.1, 0.15) is 148 Å². The lowest BCUT2D eigenvalue weighted by atomic mass is 10.0. The Bertz CT molecular complexity index is 552. The van der Waals surface area contributed by atoms with Crippen LogP contribution >= 0.6 is 0 Å². The molecule has 0 aliphatic carbocycles. The van der Waals surface area contributed by atoms with Gasteiger partial charge in [-0.05, 0) is 44.9 Å². The van der Waals surface area contributed by atoms with Crippen LogP contribution in [0.15, 0.2) is 0 Å². The van der Waals surface area contributed by atoms with Crippen LogP contribution in [0.4, 0.5) is 0 Å². The minimum absolute atomic E-state index is 0. The maximum atomic E-state index is 12.8. The summed E-state index contributed by atoms with van der Waals surface area (Å²) in [6.45, 7) is 9.30. The van der Waals surface area contributed by atoms with Crippen molar-refractivity contribution < 1.29 is 66.5 Å². The van der Waals surface area contributed by atoms with Crippen molar-refractivity contribution in [3.63, 3.8) is 0 Å². The fourth-order valence-electron chi connectivity index (χ4n) is 6.92. The van der Waals surface area contributed by atoms with Crippen LogP contribution in [0.25, 0.3) is 0 Å². The molecule has 0 amide bonds. The Morgan fingerprint density at radius 2 is 0.897 bits per heavy atom. The molecule has 2 aliphatic rings. The number of carbonyl (C=O) groups is 1. The molecule has 39 heavy (non-hydrogen) atoms. The van der Waals surface area contributed by atoms with Crippen molar-refractivity contribution in [1.82, 2.24) is 0 Å². The lowest BCUT2D eigenvalue weighted by Gasteiger charge is -2.43. The summed E-state index contributed by atoms with van der Waals surface area (Å²) in [7, 11) is 4.79. The molecular weight excluding hydrogens is 710 g/mol. The predicted octanol–water partition coefficient (Wildman–Crippen LogP) is 2.43. The maximum absolute atomic E-state index is 12.8. The topological polar surface area (TPSA) is 26.3 Å². The summed E-state index contributed by atoms with van der Waals surface area (Å²) in [4.78, 5) is 12.8. The normalized spacial score (nSPS) is 18.3. The van der Waals surface area contributed by atoms with Gasteiger partial charge in [0.05, 0.1) is 40.3 Å². The van der Waals surface area contributed by atoms with Crippen molar-refractivity contribution in [3.05, 3.63) is 0 Å². The molecule has 234 valence electrons. The molecular formula is C33H66I2N2O2. The highest BCUT2D eigenvalue weighted by atomic mass is 127. The minimum Gasteiger partial charge on any atom is -1.00 e. The lowest BCUT2D eigenvalue weighted by Crippen LogP contribution is -3.00. The molecule has 2 rings (SSSR count). The van der Waals surface area contributed by atoms with E-state index in [-0.39, 0.29) is 60.0 Å². The Kier molecular flexibility index (Phi) is 24.8. The molecule has 0 radical (unpaired) electrons. The van der Waals surface area contributed by atoms with Crippen LogP contribution < -0.4 is 48.0 Å². The van der Waals surface area contributed by atoms with Gasteiger partial charge in [0.15, 0.2) is 6.10 Å². The molecule has 2 fully saturated rings. The molecule has 0 saturated carbocycles. The van der Waals surface area contributed by atoms with Gasteiger partial charge in [-0.25, -0.2) is 0 Å². The Balaban J connectivity index is 0.00000722. The third-order valence-corrected chi connectivity index (χ3v) is 9.36. The number of quaternary nitrogens is 2. The molecule has 0 aromatic heterocycles. The lowest BCUT2D eigenvalue weighted by molar-refractivity contribution is -0.936. The predicted molar refractivity (Wildman–Crippen MR) is 159 cm³/mol. The highest BCUT2D eigenvalue weighted by Crippen LogP contribution is 2.22. The number of likely N-dealkylation sites (N-methyl/N-ethyl adjacent to an activating group) is 2. The molecule has 0 aromatic carbocycles. The number of hydrogen-bond acceptors (Lipinski definition) is 2. The number of halogens is 2. The quantitative estimate of drug-likeness (QED) is 0.0777. The van der Waals surface area contributed by atoms with Crippen LogP contribution in [0.3, 0.4) is 0 Å². The molecule has 4 nitrogen and oxygen atoms in total. The molecule has 0 unspecified atom stereocenters. The van der Waals surface area contributed by atoms with E-state index in [9.17, 15) is 4.79 Å². The van der Waals surface area contributed by atoms with Gasteiger partial charge in [-0.1, -0.05) is 96.8 Å². The molecule has 0 atom stereocenters. The Labute approximate surface area is 278 Å². The molecule has 0 N–H and O–H groups in total. The number of unbranched alkanes of at least 4 members (excludes halogenated alkanes) is 14. The van der Waals surface area contributed by atoms with Gasteiger partial charge in [-0.15, -0.1) is 0 Å². The second-order valence-electron chi connectivity index (χ2n) is 13.4. The van der Waals surface area contributed by atoms with Crippen LogP contribution in [-0.4, -0.2) is 74.4 Å². The summed E-state index contributed by atoms with van der Waals surface area (Å²) in [5.41, 5.74) is 0. The second kappa shape index (κ2) is 24.3. The van der Waals surface area contributed by atoms with Gasteiger partial charge in [0, 0.05) is 6.42 Å². The van der Waals surface area contributed by atoms with E-state index in [1.165, 1.54) is 155 Å². The van der Waals surface area contributed by atoms with E-state index < -0.39 is 0 Å². The van der Waals surface area contributed by atoms with Crippen LogP contribution in [-0.2, 0) is 9.53 Å². The summed E-state index contributed by atoms with van der Waals surface area (Å²) in [6, 6.07) is 0. The summed E-state index contributed by atoms with van der Waals surface area (Å²) >= 11 is 0. The van der Waals surface area contributed by atoms with Crippen LogP contribution in [0.2, 0.25) is 0 Å². The zero-order chi connectivity index (χ0) is 26.7. The van der Waals surface area contributed by atoms with E-state index in [2.05, 4.69) is 21.0 Å². The fourth-order valence-corrected chi connectivity index (χ4v) is 6.92. The maximum Gasteiger partial charge on any atom is 0.306 e. The average molecular weight is 777 g/mol. The van der Waals surface area contributed by atoms with E-state index in [1.54, 1.807) is 0 Å². The molecule has 2 aliphatic heterocycles. The number of nitrogens with zero attached hydrogens (tertiary/aromatic N) is 2. The largest absolute Gasteiger partial charge is 1.00 e. The number of esters is 1. The third-order valence-electron chi connectivity index (χ3n) is 9.36. The molecule has 0 aromatic rings. The minimum atomic E-state index is 0. The van der Waals surface area contributed by atoms with Gasteiger partial charge < -0.3 is 61.7 Å². The Hall–Kier alpha value is 0.850. The molecule has 2 heterocycles. The van der Waals surface area contributed by atoms with Crippen molar-refractivity contribution in [1.29, 1.82) is 0 Å². The van der Waals surface area contributed by atoms with Crippen LogP contribution in [0, 0.1) is 0 Å². The summed E-state index contributed by atoms with van der Waals surface area (Å²) in [5.74, 6) is 0.0620. The Morgan fingerprint density at radius 1 is 0.564 bits per heavy atom. The number of carbonyl (C=O) groups excluding carboxylic acids is 1. The highest BCUT2D eigenvalue weighted by Gasteiger charge is 2.36. The van der Waals surface area contributed by atoms with E-state index in [4.69, 9.17) is 4.74 Å². The van der Waals surface area contributed by atoms with E-state index in [1.807, 2.05) is 0 Å². The SMILES string of the molecule is CCCCCCCCCCCCCCCCCC(=O)OC(C[N+]1(C)CCCCC1)C[N+]1(C)CCCCC1.[I-].[I-]. The summed E-state index contributed by atoms with van der Waals surface area (Å²) < 4.78 is 8.42. The van der Waals surface area contributed by atoms with Gasteiger partial charge in [0.25, 0.3) is 0 Å². The Morgan fingerprint density at radius 3 is 1.26 bits per heavy atom. The van der Waals surface area contributed by atoms with Crippen molar-refractivity contribution in [2.75, 3.05) is 53.4 Å². The van der Waals surface area contributed by atoms with Gasteiger partial charge in [0.1, 0.15) is 13.1 Å².